The first-order valence-corrected chi connectivity index (χ1v) is 8.43. The summed E-state index contributed by atoms with van der Waals surface area (Å²) < 4.78 is 7.56. The summed E-state index contributed by atoms with van der Waals surface area (Å²) in [6.07, 6.45) is 1.96. The van der Waals surface area contributed by atoms with Gasteiger partial charge in [0, 0.05) is 40.2 Å². The number of nitrogens with zero attached hydrogens (tertiary/aromatic N) is 1. The van der Waals surface area contributed by atoms with E-state index in [9.17, 15) is 4.79 Å². The number of hydrogen-bond donors (Lipinski definition) is 0. The molecule has 3 aromatic carbocycles. The van der Waals surface area contributed by atoms with Crippen LogP contribution in [0.4, 0.5) is 0 Å². The molecule has 4 aromatic rings. The molecular weight excluding hydrogens is 310 g/mol. The molecule has 0 unspecified atom stereocenters. The Balaban J connectivity index is 1.95. The molecule has 0 aliphatic rings. The van der Waals surface area contributed by atoms with Crippen LogP contribution in [0.25, 0.3) is 21.7 Å². The Kier molecular flexibility index (Phi) is 3.77. The number of fused-ring (bicyclic) bond motifs is 2. The van der Waals surface area contributed by atoms with Crippen molar-refractivity contribution in [3.05, 3.63) is 78.0 Å². The van der Waals surface area contributed by atoms with Crippen LogP contribution in [0.5, 0.6) is 5.75 Å². The molecule has 124 valence electrons. The highest BCUT2D eigenvalue weighted by Crippen LogP contribution is 2.31. The second kappa shape index (κ2) is 6.10. The first kappa shape index (κ1) is 15.5. The summed E-state index contributed by atoms with van der Waals surface area (Å²) in [5.41, 5.74) is 2.54. The summed E-state index contributed by atoms with van der Waals surface area (Å²) in [7, 11) is 1.65. The normalized spacial score (nSPS) is 11.1. The van der Waals surface area contributed by atoms with Crippen LogP contribution in [0.15, 0.2) is 66.9 Å². The van der Waals surface area contributed by atoms with E-state index < -0.39 is 0 Å². The fourth-order valence-corrected chi connectivity index (χ4v) is 3.48. The van der Waals surface area contributed by atoms with E-state index in [0.29, 0.717) is 5.56 Å². The van der Waals surface area contributed by atoms with Gasteiger partial charge in [-0.25, -0.2) is 0 Å². The molecule has 0 fully saturated rings. The zero-order valence-electron chi connectivity index (χ0n) is 14.3. The lowest BCUT2D eigenvalue weighted by molar-refractivity contribution is 0.104. The molecule has 0 aliphatic carbocycles. The van der Waals surface area contributed by atoms with Crippen LogP contribution in [0.1, 0.15) is 22.8 Å². The molecule has 0 radical (unpaired) electrons. The Morgan fingerprint density at radius 3 is 2.28 bits per heavy atom. The predicted molar refractivity (Wildman–Crippen MR) is 102 cm³/mol. The van der Waals surface area contributed by atoms with E-state index in [-0.39, 0.29) is 5.78 Å². The van der Waals surface area contributed by atoms with Gasteiger partial charge in [0.15, 0.2) is 5.78 Å². The van der Waals surface area contributed by atoms with Crippen LogP contribution in [-0.2, 0) is 6.54 Å². The lowest BCUT2D eigenvalue weighted by Gasteiger charge is -2.09. The zero-order valence-corrected chi connectivity index (χ0v) is 14.3. The van der Waals surface area contributed by atoms with Crippen molar-refractivity contribution in [2.24, 2.45) is 0 Å². The van der Waals surface area contributed by atoms with Crippen molar-refractivity contribution in [1.29, 1.82) is 0 Å². The minimum absolute atomic E-state index is 0.0438. The van der Waals surface area contributed by atoms with Gasteiger partial charge in [0.1, 0.15) is 5.75 Å². The maximum absolute atomic E-state index is 13.3. The third-order valence-corrected chi connectivity index (χ3v) is 4.72. The van der Waals surface area contributed by atoms with E-state index in [1.54, 1.807) is 7.11 Å². The van der Waals surface area contributed by atoms with Crippen LogP contribution in [0, 0.1) is 0 Å². The second-order valence-corrected chi connectivity index (χ2v) is 6.04. The second-order valence-electron chi connectivity index (χ2n) is 6.04. The van der Waals surface area contributed by atoms with Crippen LogP contribution < -0.4 is 4.74 Å². The van der Waals surface area contributed by atoms with E-state index in [4.69, 9.17) is 4.74 Å². The van der Waals surface area contributed by atoms with Gasteiger partial charge >= 0.3 is 0 Å². The maximum Gasteiger partial charge on any atom is 0.195 e. The van der Waals surface area contributed by atoms with Gasteiger partial charge in [0.25, 0.3) is 0 Å². The third kappa shape index (κ3) is 2.40. The maximum atomic E-state index is 13.3. The highest BCUT2D eigenvalue weighted by atomic mass is 16.5. The highest BCUT2D eigenvalue weighted by molar-refractivity contribution is 6.21. The van der Waals surface area contributed by atoms with Gasteiger partial charge < -0.3 is 9.30 Å². The van der Waals surface area contributed by atoms with Gasteiger partial charge in [-0.05, 0) is 30.5 Å². The molecule has 0 N–H and O–H groups in total. The number of carbonyl (C=O) groups is 1. The van der Waals surface area contributed by atoms with Crippen LogP contribution in [0.2, 0.25) is 0 Å². The number of aromatic nitrogens is 1. The minimum atomic E-state index is 0.0438. The molecule has 0 saturated carbocycles. The summed E-state index contributed by atoms with van der Waals surface area (Å²) in [4.78, 5) is 13.3. The molecule has 0 atom stereocenters. The Labute approximate surface area is 146 Å². The summed E-state index contributed by atoms with van der Waals surface area (Å²) in [6.45, 7) is 2.92. The van der Waals surface area contributed by atoms with E-state index in [1.807, 2.05) is 60.8 Å². The SMILES string of the molecule is CCn1cc(C(=O)c2ccc(OC)c3ccccc23)c2ccccc21. The number of ether oxygens (including phenoxy) is 1. The molecule has 4 rings (SSSR count). The first-order chi connectivity index (χ1) is 12.2. The standard InChI is InChI=1S/C22H19NO2/c1-3-23-14-19(16-9-6-7-11-20(16)23)22(24)18-12-13-21(25-2)17-10-5-4-8-15(17)18/h4-14H,3H2,1-2H3. The van der Waals surface area contributed by atoms with Gasteiger partial charge in [-0.2, -0.15) is 0 Å². The Bertz CT molecular complexity index is 1090. The number of rotatable bonds is 4. The van der Waals surface area contributed by atoms with E-state index in [2.05, 4.69) is 17.6 Å². The number of ketones is 1. The molecular formula is C22H19NO2. The van der Waals surface area contributed by atoms with Crippen molar-refractivity contribution in [3.8, 4) is 5.75 Å². The molecule has 1 heterocycles. The third-order valence-electron chi connectivity index (χ3n) is 4.72. The van der Waals surface area contributed by atoms with Crippen molar-refractivity contribution in [1.82, 2.24) is 4.57 Å². The van der Waals surface area contributed by atoms with Crippen molar-refractivity contribution < 1.29 is 9.53 Å². The van der Waals surface area contributed by atoms with Gasteiger partial charge in [-0.1, -0.05) is 42.5 Å². The molecule has 0 bridgehead atoms. The van der Waals surface area contributed by atoms with E-state index >= 15 is 0 Å². The highest BCUT2D eigenvalue weighted by Gasteiger charge is 2.19. The molecule has 0 amide bonds. The van der Waals surface area contributed by atoms with Crippen molar-refractivity contribution in [2.45, 2.75) is 13.5 Å². The van der Waals surface area contributed by atoms with Gasteiger partial charge in [-0.15, -0.1) is 0 Å². The largest absolute Gasteiger partial charge is 0.496 e. The fraction of sp³-hybridized carbons (Fsp3) is 0.136. The molecule has 3 nitrogen and oxygen atoms in total. The average molecular weight is 329 g/mol. The molecule has 0 spiro atoms. The van der Waals surface area contributed by atoms with Crippen molar-refractivity contribution in [3.63, 3.8) is 0 Å². The summed E-state index contributed by atoms with van der Waals surface area (Å²) in [5.74, 6) is 0.824. The zero-order chi connectivity index (χ0) is 17.4. The van der Waals surface area contributed by atoms with Crippen molar-refractivity contribution in [2.75, 3.05) is 7.11 Å². The lowest BCUT2D eigenvalue weighted by Crippen LogP contribution is -2.02. The monoisotopic (exact) mass is 329 g/mol. The summed E-state index contributed by atoms with van der Waals surface area (Å²) in [6, 6.07) is 19.7. The lowest BCUT2D eigenvalue weighted by atomic mass is 9.96. The molecule has 3 heteroatoms. The number of para-hydroxylation sites is 1. The number of benzene rings is 3. The fourth-order valence-electron chi connectivity index (χ4n) is 3.48. The van der Waals surface area contributed by atoms with E-state index in [1.165, 1.54) is 0 Å². The Morgan fingerprint density at radius 1 is 0.880 bits per heavy atom. The van der Waals surface area contributed by atoms with Crippen LogP contribution in [-0.4, -0.2) is 17.5 Å². The quantitative estimate of drug-likeness (QED) is 0.490. The summed E-state index contributed by atoms with van der Waals surface area (Å²) >= 11 is 0. The van der Waals surface area contributed by atoms with Gasteiger partial charge in [0.2, 0.25) is 0 Å². The van der Waals surface area contributed by atoms with Gasteiger partial charge in [0.05, 0.1) is 7.11 Å². The Hall–Kier alpha value is -3.07. The van der Waals surface area contributed by atoms with Gasteiger partial charge in [-0.3, -0.25) is 4.79 Å². The predicted octanol–water partition coefficient (Wildman–Crippen LogP) is 5.05. The average Bonchev–Trinajstić information content (AvgIpc) is 3.05. The molecule has 0 saturated heterocycles. The van der Waals surface area contributed by atoms with Crippen molar-refractivity contribution >= 4 is 27.5 Å². The topological polar surface area (TPSA) is 31.2 Å². The number of hydrogen-bond acceptors (Lipinski definition) is 2. The number of methoxy groups -OCH3 is 1. The van der Waals surface area contributed by atoms with E-state index in [0.717, 1.165) is 39.5 Å². The smallest absolute Gasteiger partial charge is 0.195 e. The molecule has 1 aromatic heterocycles. The number of aryl methyl sites for hydroxylation is 1. The van der Waals surface area contributed by atoms with Crippen LogP contribution >= 0.6 is 0 Å². The Morgan fingerprint density at radius 2 is 1.56 bits per heavy atom. The minimum Gasteiger partial charge on any atom is -0.496 e. The van der Waals surface area contributed by atoms with Crippen LogP contribution in [0.3, 0.4) is 0 Å². The first-order valence-electron chi connectivity index (χ1n) is 8.43. The molecule has 0 aliphatic heterocycles. The number of carbonyl (C=O) groups excluding carboxylic acids is 1. The summed E-state index contributed by atoms with van der Waals surface area (Å²) in [5, 5.41) is 2.87. The molecule has 25 heavy (non-hydrogen) atoms.